The van der Waals surface area contributed by atoms with Crippen molar-refractivity contribution in [2.45, 2.75) is 37.8 Å². The van der Waals surface area contributed by atoms with E-state index in [-0.39, 0.29) is 0 Å². The number of hydrogen-bond donors (Lipinski definition) is 0. The van der Waals surface area contributed by atoms with E-state index in [0.29, 0.717) is 25.4 Å². The van der Waals surface area contributed by atoms with Crippen LogP contribution in [0.2, 0.25) is 0 Å². The van der Waals surface area contributed by atoms with Crippen molar-refractivity contribution in [3.05, 3.63) is 42.5 Å². The Hall–Kier alpha value is -1.62. The maximum Gasteiger partial charge on any atom is 0.120 e. The van der Waals surface area contributed by atoms with Gasteiger partial charge in [0.1, 0.15) is 12.4 Å². The number of ether oxygens (including phenoxy) is 3. The van der Waals surface area contributed by atoms with Gasteiger partial charge in [0.25, 0.3) is 0 Å². The van der Waals surface area contributed by atoms with E-state index in [1.54, 1.807) is 0 Å². The fourth-order valence-electron chi connectivity index (χ4n) is 4.21. The van der Waals surface area contributed by atoms with Crippen LogP contribution in [0.5, 0.6) is 5.75 Å². The molecule has 0 radical (unpaired) electrons. The van der Waals surface area contributed by atoms with Gasteiger partial charge in [-0.15, -0.1) is 0 Å². The fraction of sp³-hybridized carbons (Fsp3) is 0.545. The maximum atomic E-state index is 6.25. The average molecular weight is 355 g/mol. The number of fused-ring (bicyclic) bond motifs is 1. The molecule has 4 rings (SSSR count). The van der Waals surface area contributed by atoms with Crippen molar-refractivity contribution in [3.8, 4) is 5.75 Å². The molecule has 0 amide bonds. The molecule has 0 unspecified atom stereocenters. The van der Waals surface area contributed by atoms with E-state index in [1.165, 1.54) is 30.0 Å². The van der Waals surface area contributed by atoms with Crippen LogP contribution in [0.4, 0.5) is 0 Å². The SMILES string of the molecule is c1ccc2cc(OCCO[C@H]3CCCC[C@@H]3N3CCOCC3)ccc2c1. The minimum atomic E-state index is 0.335. The van der Waals surface area contributed by atoms with Crippen LogP contribution < -0.4 is 4.74 Å². The molecule has 26 heavy (non-hydrogen) atoms. The van der Waals surface area contributed by atoms with Gasteiger partial charge in [0.05, 0.1) is 25.9 Å². The van der Waals surface area contributed by atoms with Gasteiger partial charge in [0.2, 0.25) is 0 Å². The van der Waals surface area contributed by atoms with Gasteiger partial charge in [-0.05, 0) is 35.7 Å². The van der Waals surface area contributed by atoms with Gasteiger partial charge in [-0.1, -0.05) is 43.2 Å². The van der Waals surface area contributed by atoms with E-state index in [2.05, 4.69) is 41.3 Å². The number of rotatable bonds is 6. The van der Waals surface area contributed by atoms with E-state index >= 15 is 0 Å². The summed E-state index contributed by atoms with van der Waals surface area (Å²) in [6.45, 7) is 5.04. The van der Waals surface area contributed by atoms with Crippen molar-refractivity contribution in [3.63, 3.8) is 0 Å². The van der Waals surface area contributed by atoms with Crippen molar-refractivity contribution in [2.24, 2.45) is 0 Å². The summed E-state index contributed by atoms with van der Waals surface area (Å²) in [5.41, 5.74) is 0. The van der Waals surface area contributed by atoms with Gasteiger partial charge < -0.3 is 14.2 Å². The first-order valence-corrected chi connectivity index (χ1v) is 9.95. The van der Waals surface area contributed by atoms with Gasteiger partial charge in [0.15, 0.2) is 0 Å². The molecule has 2 aliphatic rings. The zero-order valence-corrected chi connectivity index (χ0v) is 15.4. The second-order valence-electron chi connectivity index (χ2n) is 7.27. The Morgan fingerprint density at radius 2 is 1.73 bits per heavy atom. The Kier molecular flexibility index (Phi) is 6.05. The smallest absolute Gasteiger partial charge is 0.120 e. The summed E-state index contributed by atoms with van der Waals surface area (Å²) >= 11 is 0. The molecule has 0 spiro atoms. The van der Waals surface area contributed by atoms with Crippen LogP contribution in [0, 0.1) is 0 Å². The quantitative estimate of drug-likeness (QED) is 0.736. The lowest BCUT2D eigenvalue weighted by atomic mass is 9.91. The van der Waals surface area contributed by atoms with Crippen LogP contribution in [-0.4, -0.2) is 56.6 Å². The molecule has 4 nitrogen and oxygen atoms in total. The summed E-state index contributed by atoms with van der Waals surface area (Å²) in [7, 11) is 0. The van der Waals surface area contributed by atoms with Crippen LogP contribution in [0.1, 0.15) is 25.7 Å². The second-order valence-corrected chi connectivity index (χ2v) is 7.27. The summed E-state index contributed by atoms with van der Waals surface area (Å²) < 4.78 is 17.7. The zero-order valence-electron chi connectivity index (χ0n) is 15.4. The first-order chi connectivity index (χ1) is 12.9. The molecular formula is C22H29NO3. The van der Waals surface area contributed by atoms with Crippen LogP contribution >= 0.6 is 0 Å². The molecule has 0 N–H and O–H groups in total. The molecule has 1 saturated heterocycles. The highest BCUT2D eigenvalue weighted by Gasteiger charge is 2.31. The maximum absolute atomic E-state index is 6.25. The van der Waals surface area contributed by atoms with Gasteiger partial charge in [-0.2, -0.15) is 0 Å². The van der Waals surface area contributed by atoms with Crippen LogP contribution in [0.15, 0.2) is 42.5 Å². The highest BCUT2D eigenvalue weighted by Crippen LogP contribution is 2.26. The van der Waals surface area contributed by atoms with E-state index in [4.69, 9.17) is 14.2 Å². The molecule has 2 aromatic carbocycles. The molecule has 0 bridgehead atoms. The van der Waals surface area contributed by atoms with Crippen LogP contribution in [-0.2, 0) is 9.47 Å². The predicted octanol–water partition coefficient (Wildman–Crippen LogP) is 3.88. The Bertz CT molecular complexity index is 699. The Balaban J connectivity index is 1.27. The van der Waals surface area contributed by atoms with Crippen LogP contribution in [0.25, 0.3) is 10.8 Å². The molecule has 2 atom stereocenters. The molecule has 1 aliphatic heterocycles. The molecule has 1 heterocycles. The second kappa shape index (κ2) is 8.85. The summed E-state index contributed by atoms with van der Waals surface area (Å²) in [4.78, 5) is 2.57. The highest BCUT2D eigenvalue weighted by molar-refractivity contribution is 5.83. The van der Waals surface area contributed by atoms with E-state index in [1.807, 2.05) is 6.07 Å². The van der Waals surface area contributed by atoms with Crippen molar-refractivity contribution < 1.29 is 14.2 Å². The van der Waals surface area contributed by atoms with Gasteiger partial charge in [-0.3, -0.25) is 4.90 Å². The third kappa shape index (κ3) is 4.37. The zero-order chi connectivity index (χ0) is 17.6. The Morgan fingerprint density at radius 3 is 2.62 bits per heavy atom. The van der Waals surface area contributed by atoms with E-state index < -0.39 is 0 Å². The lowest BCUT2D eigenvalue weighted by molar-refractivity contribution is -0.0698. The molecule has 4 heteroatoms. The molecule has 2 aromatic rings. The van der Waals surface area contributed by atoms with Crippen molar-refractivity contribution >= 4 is 10.8 Å². The summed E-state index contributed by atoms with van der Waals surface area (Å²) in [6, 6.07) is 15.2. The summed E-state index contributed by atoms with van der Waals surface area (Å²) in [5.74, 6) is 0.917. The summed E-state index contributed by atoms with van der Waals surface area (Å²) in [5, 5.41) is 2.46. The monoisotopic (exact) mass is 355 g/mol. The van der Waals surface area contributed by atoms with Crippen molar-refractivity contribution in [1.29, 1.82) is 0 Å². The largest absolute Gasteiger partial charge is 0.491 e. The predicted molar refractivity (Wildman–Crippen MR) is 104 cm³/mol. The molecule has 0 aromatic heterocycles. The van der Waals surface area contributed by atoms with Crippen molar-refractivity contribution in [1.82, 2.24) is 4.90 Å². The third-order valence-electron chi connectivity index (χ3n) is 5.59. The first kappa shape index (κ1) is 17.8. The van der Waals surface area contributed by atoms with Crippen molar-refractivity contribution in [2.75, 3.05) is 39.5 Å². The third-order valence-corrected chi connectivity index (χ3v) is 5.59. The lowest BCUT2D eigenvalue weighted by Crippen LogP contribution is -2.51. The topological polar surface area (TPSA) is 30.9 Å². The molecular weight excluding hydrogens is 326 g/mol. The highest BCUT2D eigenvalue weighted by atomic mass is 16.5. The normalized spacial score (nSPS) is 24.6. The summed E-state index contributed by atoms with van der Waals surface area (Å²) in [6.07, 6.45) is 5.34. The fourth-order valence-corrected chi connectivity index (χ4v) is 4.21. The van der Waals surface area contributed by atoms with E-state index in [9.17, 15) is 0 Å². The van der Waals surface area contributed by atoms with E-state index in [0.717, 1.165) is 38.5 Å². The number of morpholine rings is 1. The molecule has 2 fully saturated rings. The molecule has 1 aliphatic carbocycles. The standard InChI is InChI=1S/C22H29NO3/c1-2-6-19-17-20(10-9-18(19)5-1)25-15-16-26-22-8-4-3-7-21(22)23-11-13-24-14-12-23/h1-2,5-6,9-10,17,21-22H,3-4,7-8,11-16H2/t21-,22-/m0/s1. The minimum absolute atomic E-state index is 0.335. The Labute approximate surface area is 156 Å². The lowest BCUT2D eigenvalue weighted by Gasteiger charge is -2.41. The van der Waals surface area contributed by atoms with Crippen LogP contribution in [0.3, 0.4) is 0 Å². The number of hydrogen-bond acceptors (Lipinski definition) is 4. The first-order valence-electron chi connectivity index (χ1n) is 9.95. The van der Waals surface area contributed by atoms with Gasteiger partial charge >= 0.3 is 0 Å². The molecule has 140 valence electrons. The number of benzene rings is 2. The molecule has 1 saturated carbocycles. The number of nitrogens with zero attached hydrogens (tertiary/aromatic N) is 1. The van der Waals surface area contributed by atoms with Gasteiger partial charge in [0, 0.05) is 19.1 Å². The Morgan fingerprint density at radius 1 is 0.923 bits per heavy atom. The van der Waals surface area contributed by atoms with Gasteiger partial charge in [-0.25, -0.2) is 0 Å². The minimum Gasteiger partial charge on any atom is -0.491 e. The average Bonchev–Trinajstić information content (AvgIpc) is 2.72.